The number of piperidine rings is 1. The minimum absolute atomic E-state index is 0.0825. The number of amides is 2. The second kappa shape index (κ2) is 14.1. The van der Waals surface area contributed by atoms with E-state index in [0.717, 1.165) is 37.5 Å². The molecule has 1 fully saturated rings. The Labute approximate surface area is 179 Å². The molecule has 30 heavy (non-hydrogen) atoms. The van der Waals surface area contributed by atoms with Crippen molar-refractivity contribution in [2.75, 3.05) is 25.5 Å². The van der Waals surface area contributed by atoms with Gasteiger partial charge in [0, 0.05) is 43.7 Å². The molecule has 11 heteroatoms. The minimum Gasteiger partial charge on any atom is -0.478 e. The number of carbonyl (C=O) groups excluding carboxylic acids is 1. The molecule has 10 nitrogen and oxygen atoms in total. The van der Waals surface area contributed by atoms with Crippen molar-refractivity contribution in [2.45, 2.75) is 25.4 Å². The van der Waals surface area contributed by atoms with E-state index in [9.17, 15) is 19.3 Å². The van der Waals surface area contributed by atoms with Crippen LogP contribution in [0.3, 0.4) is 0 Å². The van der Waals surface area contributed by atoms with Gasteiger partial charge in [0.1, 0.15) is 0 Å². The molecule has 2 amide bonds. The third-order valence-corrected chi connectivity index (χ3v) is 4.33. The van der Waals surface area contributed by atoms with E-state index >= 15 is 0 Å². The van der Waals surface area contributed by atoms with E-state index in [1.165, 1.54) is 5.56 Å². The first kappa shape index (κ1) is 25.1. The molecular formula is C19H25ClN4O6. The molecule has 3 N–H and O–H groups in total. The summed E-state index contributed by atoms with van der Waals surface area (Å²) in [5, 5.41) is 22.0. The third kappa shape index (κ3) is 10.5. The zero-order valence-electron chi connectivity index (χ0n) is 16.3. The Kier molecular flexibility index (Phi) is 11.8. The van der Waals surface area contributed by atoms with Gasteiger partial charge in [0.15, 0.2) is 0 Å². The minimum atomic E-state index is -1.26. The number of carbonyl (C=O) groups is 3. The predicted molar refractivity (Wildman–Crippen MR) is 111 cm³/mol. The smallest absolute Gasteiger partial charge is 0.340 e. The predicted octanol–water partition coefficient (Wildman–Crippen LogP) is 2.29. The van der Waals surface area contributed by atoms with Crippen LogP contribution in [0.2, 0.25) is 0 Å². The van der Waals surface area contributed by atoms with Gasteiger partial charge in [-0.25, -0.2) is 14.4 Å². The molecule has 1 aliphatic rings. The summed E-state index contributed by atoms with van der Waals surface area (Å²) < 4.78 is 0. The van der Waals surface area contributed by atoms with Crippen molar-refractivity contribution in [2.24, 2.45) is 5.29 Å². The number of halogens is 1. The van der Waals surface area contributed by atoms with Crippen molar-refractivity contribution in [3.8, 4) is 0 Å². The van der Waals surface area contributed by atoms with E-state index in [1.54, 1.807) is 0 Å². The second-order valence-electron chi connectivity index (χ2n) is 6.39. The van der Waals surface area contributed by atoms with Crippen LogP contribution in [-0.2, 0) is 16.1 Å². The maximum absolute atomic E-state index is 11.9. The van der Waals surface area contributed by atoms with Gasteiger partial charge in [0.05, 0.1) is 11.8 Å². The van der Waals surface area contributed by atoms with Gasteiger partial charge in [-0.3, -0.25) is 4.90 Å². The number of benzene rings is 1. The molecule has 1 saturated heterocycles. The molecule has 2 rings (SSSR count). The molecule has 1 aromatic rings. The number of nitrogens with zero attached hydrogens (tertiary/aromatic N) is 3. The summed E-state index contributed by atoms with van der Waals surface area (Å²) in [7, 11) is 0. The van der Waals surface area contributed by atoms with Gasteiger partial charge in [-0.05, 0) is 18.4 Å². The third-order valence-electron chi connectivity index (χ3n) is 4.16. The molecule has 1 heterocycles. The number of aliphatic carboxylic acids is 2. The molecule has 0 aromatic heterocycles. The average molecular weight is 441 g/mol. The number of hydrogen-bond acceptors (Lipinski definition) is 6. The van der Waals surface area contributed by atoms with Crippen molar-refractivity contribution < 1.29 is 24.6 Å². The van der Waals surface area contributed by atoms with E-state index < -0.39 is 18.0 Å². The number of carboxylic acids is 2. The Hall–Kier alpha value is -2.98. The lowest BCUT2D eigenvalue weighted by Crippen LogP contribution is -2.48. The van der Waals surface area contributed by atoms with Gasteiger partial charge >= 0.3 is 18.0 Å². The molecule has 0 radical (unpaired) electrons. The first-order chi connectivity index (χ1) is 14.3. The molecule has 0 atom stereocenters. The highest BCUT2D eigenvalue weighted by atomic mass is 35.5. The van der Waals surface area contributed by atoms with Crippen LogP contribution in [0.25, 0.3) is 0 Å². The summed E-state index contributed by atoms with van der Waals surface area (Å²) in [4.78, 5) is 43.9. The molecule has 0 aliphatic carbocycles. The van der Waals surface area contributed by atoms with Gasteiger partial charge in [-0.2, -0.15) is 5.01 Å². The first-order valence-corrected chi connectivity index (χ1v) is 9.76. The molecule has 164 valence electrons. The Morgan fingerprint density at radius 3 is 2.17 bits per heavy atom. The number of likely N-dealkylation sites (tertiary alicyclic amines) is 1. The number of urea groups is 1. The molecular weight excluding hydrogens is 416 g/mol. The van der Waals surface area contributed by atoms with Crippen molar-refractivity contribution in [3.05, 3.63) is 53.0 Å². The van der Waals surface area contributed by atoms with Crippen LogP contribution < -0.4 is 5.32 Å². The summed E-state index contributed by atoms with van der Waals surface area (Å²) >= 11 is 5.53. The van der Waals surface area contributed by atoms with Crippen LogP contribution in [0, 0.1) is 4.91 Å². The van der Waals surface area contributed by atoms with Gasteiger partial charge in [-0.15, -0.1) is 16.5 Å². The fraction of sp³-hybridized carbons (Fsp3) is 0.421. The number of rotatable bonds is 8. The number of hydrogen-bond donors (Lipinski definition) is 3. The van der Waals surface area contributed by atoms with Crippen LogP contribution in [0.1, 0.15) is 18.4 Å². The zero-order valence-corrected chi connectivity index (χ0v) is 17.1. The zero-order chi connectivity index (χ0) is 22.4. The quantitative estimate of drug-likeness (QED) is 0.244. The fourth-order valence-electron chi connectivity index (χ4n) is 2.73. The summed E-state index contributed by atoms with van der Waals surface area (Å²) in [6, 6.07) is 9.96. The lowest BCUT2D eigenvalue weighted by atomic mass is 10.0. The Morgan fingerprint density at radius 1 is 1.13 bits per heavy atom. The SMILES string of the molecule is O=C(O)/C=C\C(=O)O.O=NN(CCCl)C(=O)NC1CCN(Cc2ccccc2)CC1. The van der Waals surface area contributed by atoms with Gasteiger partial charge < -0.3 is 15.5 Å². The van der Waals surface area contributed by atoms with E-state index in [-0.39, 0.29) is 18.5 Å². The van der Waals surface area contributed by atoms with E-state index in [2.05, 4.69) is 27.6 Å². The molecule has 0 spiro atoms. The standard InChI is InChI=1S/C15H21ClN4O2.C4H4O4/c16-8-11-20(18-22)15(21)17-14-6-9-19(10-7-14)12-13-4-2-1-3-5-13;5-3(6)1-2-4(7)8/h1-5,14H,6-12H2,(H,17,21);1-2H,(H,5,6)(H,7,8)/b;2-1-. The normalized spacial score (nSPS) is 14.4. The van der Waals surface area contributed by atoms with Gasteiger partial charge in [0.25, 0.3) is 0 Å². The van der Waals surface area contributed by atoms with Crippen LogP contribution in [-0.4, -0.2) is 69.6 Å². The molecule has 0 saturated carbocycles. The van der Waals surface area contributed by atoms with Crippen molar-refractivity contribution in [1.29, 1.82) is 0 Å². The van der Waals surface area contributed by atoms with Gasteiger partial charge in [0.2, 0.25) is 0 Å². The maximum Gasteiger partial charge on any atom is 0.340 e. The molecule has 0 bridgehead atoms. The topological polar surface area (TPSA) is 140 Å². The second-order valence-corrected chi connectivity index (χ2v) is 6.77. The van der Waals surface area contributed by atoms with E-state index in [1.807, 2.05) is 18.2 Å². The summed E-state index contributed by atoms with van der Waals surface area (Å²) in [6.07, 6.45) is 2.85. The summed E-state index contributed by atoms with van der Waals surface area (Å²) in [5.41, 5.74) is 1.29. The van der Waals surface area contributed by atoms with Crippen molar-refractivity contribution >= 4 is 29.6 Å². The highest BCUT2D eigenvalue weighted by Gasteiger charge is 2.23. The van der Waals surface area contributed by atoms with Crippen LogP contribution in [0.5, 0.6) is 0 Å². The fourth-order valence-corrected chi connectivity index (χ4v) is 2.89. The Bertz CT molecular complexity index is 707. The van der Waals surface area contributed by atoms with Crippen LogP contribution in [0.15, 0.2) is 47.8 Å². The number of nitrogens with one attached hydrogen (secondary N) is 1. The lowest BCUT2D eigenvalue weighted by molar-refractivity contribution is -0.134. The Balaban J connectivity index is 0.000000479. The number of alkyl halides is 1. The average Bonchev–Trinajstić information content (AvgIpc) is 2.73. The largest absolute Gasteiger partial charge is 0.478 e. The highest BCUT2D eigenvalue weighted by Crippen LogP contribution is 2.14. The number of nitroso groups, excluding NO2 is 1. The first-order valence-electron chi connectivity index (χ1n) is 9.23. The summed E-state index contributed by atoms with van der Waals surface area (Å²) in [6.45, 7) is 2.90. The molecule has 1 aromatic carbocycles. The number of carboxylic acid groups (broad SMARTS) is 2. The van der Waals surface area contributed by atoms with E-state index in [4.69, 9.17) is 21.8 Å². The summed E-state index contributed by atoms with van der Waals surface area (Å²) in [5.74, 6) is -2.32. The monoisotopic (exact) mass is 440 g/mol. The Morgan fingerprint density at radius 2 is 1.70 bits per heavy atom. The maximum atomic E-state index is 11.9. The van der Waals surface area contributed by atoms with Crippen molar-refractivity contribution in [1.82, 2.24) is 15.2 Å². The molecule has 1 aliphatic heterocycles. The van der Waals surface area contributed by atoms with E-state index in [0.29, 0.717) is 12.2 Å². The highest BCUT2D eigenvalue weighted by molar-refractivity contribution is 6.18. The lowest BCUT2D eigenvalue weighted by Gasteiger charge is -2.32. The van der Waals surface area contributed by atoms with Gasteiger partial charge in [-0.1, -0.05) is 30.3 Å². The van der Waals surface area contributed by atoms with Crippen LogP contribution >= 0.6 is 11.6 Å². The van der Waals surface area contributed by atoms with Crippen LogP contribution in [0.4, 0.5) is 4.79 Å². The molecule has 0 unspecified atom stereocenters. The van der Waals surface area contributed by atoms with Crippen molar-refractivity contribution in [3.63, 3.8) is 0 Å².